The molecule has 0 aliphatic rings. The van der Waals surface area contributed by atoms with Gasteiger partial charge in [0.05, 0.1) is 6.54 Å². The van der Waals surface area contributed by atoms with E-state index in [1.54, 1.807) is 6.92 Å². The smallest absolute Gasteiger partial charge is 0.249 e. The summed E-state index contributed by atoms with van der Waals surface area (Å²) in [5.74, 6) is 0.800. The van der Waals surface area contributed by atoms with E-state index >= 15 is 0 Å². The molecule has 1 aromatic heterocycles. The summed E-state index contributed by atoms with van der Waals surface area (Å²) in [4.78, 5) is 11.5. The molecule has 0 aliphatic carbocycles. The molecule has 0 saturated carbocycles. The summed E-state index contributed by atoms with van der Waals surface area (Å²) in [6.45, 7) is 6.21. The number of carbonyl (C=O) groups is 1. The monoisotopic (exact) mass is 227 g/mol. The molecule has 1 heterocycles. The van der Waals surface area contributed by atoms with Crippen molar-refractivity contribution < 1.29 is 13.9 Å². The highest BCUT2D eigenvalue weighted by Crippen LogP contribution is 2.00. The highest BCUT2D eigenvalue weighted by atomic mass is 16.5. The minimum Gasteiger partial charge on any atom is -0.423 e. The number of aryl methyl sites for hydroxylation is 1. The first-order chi connectivity index (χ1) is 7.67. The standard InChI is InChI=1S/C10H17N3O3/c1-4-8-12-13-9(16-8)6-11-10(14)7(3)15-5-2/h7H,4-6H2,1-3H3,(H,11,14)/t7-/m1/s1. The molecular formula is C10H17N3O3. The van der Waals surface area contributed by atoms with Crippen molar-refractivity contribution in [2.24, 2.45) is 0 Å². The van der Waals surface area contributed by atoms with Crippen molar-refractivity contribution in [2.75, 3.05) is 6.61 Å². The third-order valence-corrected chi connectivity index (χ3v) is 2.01. The largest absolute Gasteiger partial charge is 0.423 e. The summed E-state index contributed by atoms with van der Waals surface area (Å²) in [5.41, 5.74) is 0. The molecule has 0 saturated heterocycles. The predicted molar refractivity (Wildman–Crippen MR) is 56.6 cm³/mol. The predicted octanol–water partition coefficient (Wildman–Crippen LogP) is 0.673. The minimum atomic E-state index is -0.460. The molecule has 90 valence electrons. The summed E-state index contributed by atoms with van der Waals surface area (Å²) in [6, 6.07) is 0. The van der Waals surface area contributed by atoms with Crippen LogP contribution in [0.25, 0.3) is 0 Å². The van der Waals surface area contributed by atoms with E-state index in [9.17, 15) is 4.79 Å². The molecule has 6 nitrogen and oxygen atoms in total. The number of nitrogens with one attached hydrogen (secondary N) is 1. The van der Waals surface area contributed by atoms with E-state index in [2.05, 4.69) is 15.5 Å². The molecule has 1 aromatic rings. The number of amides is 1. The summed E-state index contributed by atoms with van der Waals surface area (Å²) >= 11 is 0. The van der Waals surface area contributed by atoms with Crippen molar-refractivity contribution in [3.05, 3.63) is 11.8 Å². The van der Waals surface area contributed by atoms with Crippen molar-refractivity contribution in [3.8, 4) is 0 Å². The van der Waals surface area contributed by atoms with Crippen LogP contribution >= 0.6 is 0 Å². The Morgan fingerprint density at radius 1 is 1.44 bits per heavy atom. The average molecular weight is 227 g/mol. The zero-order chi connectivity index (χ0) is 12.0. The van der Waals surface area contributed by atoms with E-state index in [1.807, 2.05) is 13.8 Å². The summed E-state index contributed by atoms with van der Waals surface area (Å²) < 4.78 is 10.4. The Kier molecular flexibility index (Phi) is 4.91. The van der Waals surface area contributed by atoms with Crippen LogP contribution in [-0.4, -0.2) is 28.8 Å². The first-order valence-corrected chi connectivity index (χ1v) is 5.37. The van der Waals surface area contributed by atoms with Gasteiger partial charge in [0, 0.05) is 13.0 Å². The number of aromatic nitrogens is 2. The van der Waals surface area contributed by atoms with E-state index in [0.29, 0.717) is 24.8 Å². The topological polar surface area (TPSA) is 77.2 Å². The van der Waals surface area contributed by atoms with Gasteiger partial charge in [0.15, 0.2) is 0 Å². The number of ether oxygens (including phenoxy) is 1. The van der Waals surface area contributed by atoms with Gasteiger partial charge in [-0.05, 0) is 13.8 Å². The molecule has 0 aliphatic heterocycles. The normalized spacial score (nSPS) is 12.4. The fraction of sp³-hybridized carbons (Fsp3) is 0.700. The Morgan fingerprint density at radius 2 is 2.12 bits per heavy atom. The van der Waals surface area contributed by atoms with E-state index in [4.69, 9.17) is 9.15 Å². The van der Waals surface area contributed by atoms with Gasteiger partial charge in [0.25, 0.3) is 0 Å². The molecule has 6 heteroatoms. The van der Waals surface area contributed by atoms with E-state index in [0.717, 1.165) is 0 Å². The molecule has 0 radical (unpaired) electrons. The van der Waals surface area contributed by atoms with Crippen LogP contribution in [0.3, 0.4) is 0 Å². The molecule has 16 heavy (non-hydrogen) atoms. The van der Waals surface area contributed by atoms with Crippen molar-refractivity contribution >= 4 is 5.91 Å². The van der Waals surface area contributed by atoms with Crippen molar-refractivity contribution in [3.63, 3.8) is 0 Å². The molecule has 0 aromatic carbocycles. The van der Waals surface area contributed by atoms with Crippen LogP contribution in [0.15, 0.2) is 4.42 Å². The highest BCUT2D eigenvalue weighted by Gasteiger charge is 2.13. The zero-order valence-corrected chi connectivity index (χ0v) is 9.82. The molecule has 0 fully saturated rings. The van der Waals surface area contributed by atoms with E-state index in [-0.39, 0.29) is 12.5 Å². The van der Waals surface area contributed by atoms with Crippen LogP contribution in [0, 0.1) is 0 Å². The van der Waals surface area contributed by atoms with Gasteiger partial charge in [-0.3, -0.25) is 4.79 Å². The fourth-order valence-electron chi connectivity index (χ4n) is 1.13. The molecule has 1 rings (SSSR count). The van der Waals surface area contributed by atoms with Crippen LogP contribution < -0.4 is 5.32 Å². The Morgan fingerprint density at radius 3 is 2.69 bits per heavy atom. The molecule has 0 unspecified atom stereocenters. The molecule has 0 spiro atoms. The third kappa shape index (κ3) is 3.62. The molecular weight excluding hydrogens is 210 g/mol. The molecule has 1 atom stereocenters. The van der Waals surface area contributed by atoms with Crippen LogP contribution in [0.1, 0.15) is 32.6 Å². The Hall–Kier alpha value is -1.43. The van der Waals surface area contributed by atoms with Gasteiger partial charge in [-0.15, -0.1) is 10.2 Å². The number of hydrogen-bond acceptors (Lipinski definition) is 5. The maximum absolute atomic E-state index is 11.5. The van der Waals surface area contributed by atoms with Crippen LogP contribution in [0.2, 0.25) is 0 Å². The molecule has 0 bridgehead atoms. The quantitative estimate of drug-likeness (QED) is 0.773. The van der Waals surface area contributed by atoms with E-state index in [1.165, 1.54) is 0 Å². The van der Waals surface area contributed by atoms with Gasteiger partial charge in [0.1, 0.15) is 6.10 Å². The average Bonchev–Trinajstić information content (AvgIpc) is 2.74. The second-order valence-corrected chi connectivity index (χ2v) is 3.26. The zero-order valence-electron chi connectivity index (χ0n) is 9.82. The maximum atomic E-state index is 11.5. The second-order valence-electron chi connectivity index (χ2n) is 3.26. The van der Waals surface area contributed by atoms with Crippen LogP contribution in [-0.2, 0) is 22.5 Å². The maximum Gasteiger partial charge on any atom is 0.249 e. The van der Waals surface area contributed by atoms with Gasteiger partial charge >= 0.3 is 0 Å². The SMILES string of the molecule is CCO[C@H](C)C(=O)NCc1nnc(CC)o1. The van der Waals surface area contributed by atoms with Gasteiger partial charge < -0.3 is 14.5 Å². The lowest BCUT2D eigenvalue weighted by atomic mass is 10.4. The van der Waals surface area contributed by atoms with Gasteiger partial charge in [-0.1, -0.05) is 6.92 Å². The lowest BCUT2D eigenvalue weighted by Gasteiger charge is -2.10. The van der Waals surface area contributed by atoms with Gasteiger partial charge in [-0.2, -0.15) is 0 Å². The Balaban J connectivity index is 2.36. The lowest BCUT2D eigenvalue weighted by molar-refractivity contribution is -0.131. The summed E-state index contributed by atoms with van der Waals surface area (Å²) in [7, 11) is 0. The van der Waals surface area contributed by atoms with Crippen molar-refractivity contribution in [1.82, 2.24) is 15.5 Å². The minimum absolute atomic E-state index is 0.182. The summed E-state index contributed by atoms with van der Waals surface area (Å²) in [6.07, 6.45) is 0.231. The number of hydrogen-bond donors (Lipinski definition) is 1. The molecule has 1 amide bonds. The van der Waals surface area contributed by atoms with Crippen LogP contribution in [0.4, 0.5) is 0 Å². The second kappa shape index (κ2) is 6.22. The Bertz CT molecular complexity index is 338. The first kappa shape index (κ1) is 12.6. The van der Waals surface area contributed by atoms with Gasteiger partial charge in [-0.25, -0.2) is 0 Å². The molecule has 1 N–H and O–H groups in total. The number of rotatable bonds is 6. The Labute approximate surface area is 94.4 Å². The highest BCUT2D eigenvalue weighted by molar-refractivity contribution is 5.80. The van der Waals surface area contributed by atoms with Crippen molar-refractivity contribution in [2.45, 2.75) is 39.8 Å². The van der Waals surface area contributed by atoms with Crippen molar-refractivity contribution in [1.29, 1.82) is 0 Å². The van der Waals surface area contributed by atoms with E-state index < -0.39 is 6.10 Å². The summed E-state index contributed by atoms with van der Waals surface area (Å²) in [5, 5.41) is 10.2. The fourth-order valence-corrected chi connectivity index (χ4v) is 1.13. The van der Waals surface area contributed by atoms with Crippen LogP contribution in [0.5, 0.6) is 0 Å². The number of nitrogens with zero attached hydrogens (tertiary/aromatic N) is 2. The number of carbonyl (C=O) groups excluding carboxylic acids is 1. The first-order valence-electron chi connectivity index (χ1n) is 5.37. The third-order valence-electron chi connectivity index (χ3n) is 2.01. The lowest BCUT2D eigenvalue weighted by Crippen LogP contribution is -2.34. The van der Waals surface area contributed by atoms with Gasteiger partial charge in [0.2, 0.25) is 17.7 Å².